The Labute approximate surface area is 132 Å². The average Bonchev–Trinajstić information content (AvgIpc) is 2.90. The van der Waals surface area contributed by atoms with Crippen molar-refractivity contribution in [1.82, 2.24) is 0 Å². The zero-order chi connectivity index (χ0) is 15.7. The number of hydrogen-bond donors (Lipinski definition) is 0. The standard InChI is InChI=1S/C20H24O2/c1-5-6-7-12-21-18-11-10-17-16-9-8-13(2)14(3)19(16)22-20(17)15(18)4/h8-11H,5-7,12H2,1-4H3. The highest BCUT2D eigenvalue weighted by molar-refractivity contribution is 6.07. The third kappa shape index (κ3) is 2.47. The number of unbranched alkanes of at least 4 members (excludes halogenated alkanes) is 2. The summed E-state index contributed by atoms with van der Waals surface area (Å²) in [5.74, 6) is 0.942. The first-order valence-electron chi connectivity index (χ1n) is 8.18. The van der Waals surface area contributed by atoms with Gasteiger partial charge in [-0.3, -0.25) is 0 Å². The van der Waals surface area contributed by atoms with Crippen molar-refractivity contribution in [3.63, 3.8) is 0 Å². The summed E-state index contributed by atoms with van der Waals surface area (Å²) in [5.41, 5.74) is 5.54. The van der Waals surface area contributed by atoms with Gasteiger partial charge in [0.25, 0.3) is 0 Å². The van der Waals surface area contributed by atoms with Gasteiger partial charge >= 0.3 is 0 Å². The molecule has 0 radical (unpaired) electrons. The molecule has 0 bridgehead atoms. The van der Waals surface area contributed by atoms with Gasteiger partial charge in [0.05, 0.1) is 6.61 Å². The largest absolute Gasteiger partial charge is 0.493 e. The molecule has 0 unspecified atom stereocenters. The van der Waals surface area contributed by atoms with E-state index in [0.717, 1.165) is 35.5 Å². The number of hydrogen-bond acceptors (Lipinski definition) is 2. The van der Waals surface area contributed by atoms with Crippen LogP contribution in [0.25, 0.3) is 21.9 Å². The average molecular weight is 296 g/mol. The number of fused-ring (bicyclic) bond motifs is 3. The summed E-state index contributed by atoms with van der Waals surface area (Å²) in [5, 5.41) is 2.37. The molecule has 0 N–H and O–H groups in total. The predicted octanol–water partition coefficient (Wildman–Crippen LogP) is 6.08. The third-order valence-electron chi connectivity index (χ3n) is 4.53. The number of aryl methyl sites for hydroxylation is 3. The number of ether oxygens (including phenoxy) is 1. The van der Waals surface area contributed by atoms with Gasteiger partial charge in [-0.1, -0.05) is 31.9 Å². The van der Waals surface area contributed by atoms with E-state index in [1.807, 2.05) is 0 Å². The van der Waals surface area contributed by atoms with Gasteiger partial charge in [0, 0.05) is 16.3 Å². The van der Waals surface area contributed by atoms with Gasteiger partial charge in [-0.05, 0) is 50.5 Å². The fraction of sp³-hybridized carbons (Fsp3) is 0.400. The first-order chi connectivity index (χ1) is 10.6. The van der Waals surface area contributed by atoms with Crippen molar-refractivity contribution in [3.8, 4) is 5.75 Å². The Bertz CT molecular complexity index is 812. The maximum atomic E-state index is 6.18. The Kier molecular flexibility index (Phi) is 4.10. The summed E-state index contributed by atoms with van der Waals surface area (Å²) in [6.45, 7) is 9.31. The molecule has 2 aromatic carbocycles. The van der Waals surface area contributed by atoms with Crippen molar-refractivity contribution in [2.24, 2.45) is 0 Å². The molecule has 3 aromatic rings. The smallest absolute Gasteiger partial charge is 0.142 e. The van der Waals surface area contributed by atoms with E-state index < -0.39 is 0 Å². The number of benzene rings is 2. The molecule has 116 valence electrons. The van der Waals surface area contributed by atoms with Gasteiger partial charge in [0.2, 0.25) is 0 Å². The van der Waals surface area contributed by atoms with E-state index in [9.17, 15) is 0 Å². The molecular weight excluding hydrogens is 272 g/mol. The topological polar surface area (TPSA) is 22.4 Å². The molecule has 3 rings (SSSR count). The van der Waals surface area contributed by atoms with Crippen molar-refractivity contribution in [2.75, 3.05) is 6.61 Å². The van der Waals surface area contributed by atoms with Crippen LogP contribution in [0.4, 0.5) is 0 Å². The summed E-state index contributed by atoms with van der Waals surface area (Å²) < 4.78 is 12.1. The van der Waals surface area contributed by atoms with Crippen LogP contribution >= 0.6 is 0 Å². The molecular formula is C20H24O2. The zero-order valence-electron chi connectivity index (χ0n) is 14.0. The maximum Gasteiger partial charge on any atom is 0.142 e. The molecule has 0 aliphatic carbocycles. The van der Waals surface area contributed by atoms with Crippen molar-refractivity contribution in [1.29, 1.82) is 0 Å². The van der Waals surface area contributed by atoms with Gasteiger partial charge in [-0.15, -0.1) is 0 Å². The molecule has 0 saturated heterocycles. The summed E-state index contributed by atoms with van der Waals surface area (Å²) in [4.78, 5) is 0. The van der Waals surface area contributed by atoms with Crippen LogP contribution in [0.1, 0.15) is 42.9 Å². The molecule has 0 aliphatic heterocycles. The maximum absolute atomic E-state index is 6.18. The minimum atomic E-state index is 0.776. The monoisotopic (exact) mass is 296 g/mol. The highest BCUT2D eigenvalue weighted by atomic mass is 16.5. The molecule has 22 heavy (non-hydrogen) atoms. The minimum absolute atomic E-state index is 0.776. The fourth-order valence-electron chi connectivity index (χ4n) is 2.94. The van der Waals surface area contributed by atoms with Crippen LogP contribution in [0.2, 0.25) is 0 Å². The van der Waals surface area contributed by atoms with Crippen LogP contribution in [0.5, 0.6) is 5.75 Å². The van der Waals surface area contributed by atoms with Gasteiger partial charge in [0.1, 0.15) is 16.9 Å². The molecule has 0 aliphatic rings. The molecule has 2 nitrogen and oxygen atoms in total. The SMILES string of the molecule is CCCCCOc1ccc2c(oc3c(C)c(C)ccc32)c1C. The summed E-state index contributed by atoms with van der Waals surface area (Å²) in [6.07, 6.45) is 3.53. The van der Waals surface area contributed by atoms with Crippen LogP contribution in [-0.2, 0) is 0 Å². The molecule has 0 atom stereocenters. The Morgan fingerprint density at radius 3 is 2.27 bits per heavy atom. The summed E-state index contributed by atoms with van der Waals surface area (Å²) in [7, 11) is 0. The summed E-state index contributed by atoms with van der Waals surface area (Å²) >= 11 is 0. The highest BCUT2D eigenvalue weighted by Crippen LogP contribution is 2.36. The zero-order valence-corrected chi connectivity index (χ0v) is 14.0. The Hall–Kier alpha value is -1.96. The van der Waals surface area contributed by atoms with Crippen molar-refractivity contribution < 1.29 is 9.15 Å². The van der Waals surface area contributed by atoms with Crippen LogP contribution in [-0.4, -0.2) is 6.61 Å². The van der Waals surface area contributed by atoms with Crippen LogP contribution in [0.15, 0.2) is 28.7 Å². The number of furan rings is 1. The van der Waals surface area contributed by atoms with Gasteiger partial charge in [-0.25, -0.2) is 0 Å². The minimum Gasteiger partial charge on any atom is -0.493 e. The van der Waals surface area contributed by atoms with Gasteiger partial charge < -0.3 is 9.15 Å². The fourth-order valence-corrected chi connectivity index (χ4v) is 2.94. The van der Waals surface area contributed by atoms with E-state index >= 15 is 0 Å². The third-order valence-corrected chi connectivity index (χ3v) is 4.53. The van der Waals surface area contributed by atoms with E-state index in [1.165, 1.54) is 34.7 Å². The molecule has 1 heterocycles. The second-order valence-corrected chi connectivity index (χ2v) is 6.11. The van der Waals surface area contributed by atoms with E-state index in [2.05, 4.69) is 52.0 Å². The van der Waals surface area contributed by atoms with Crippen molar-refractivity contribution in [3.05, 3.63) is 41.0 Å². The van der Waals surface area contributed by atoms with Crippen LogP contribution in [0.3, 0.4) is 0 Å². The van der Waals surface area contributed by atoms with Crippen LogP contribution in [0, 0.1) is 20.8 Å². The van der Waals surface area contributed by atoms with Gasteiger partial charge in [-0.2, -0.15) is 0 Å². The van der Waals surface area contributed by atoms with E-state index in [0.29, 0.717) is 0 Å². The lowest BCUT2D eigenvalue weighted by Gasteiger charge is -2.08. The van der Waals surface area contributed by atoms with E-state index in [1.54, 1.807) is 0 Å². The molecule has 2 heteroatoms. The molecule has 0 saturated carbocycles. The Morgan fingerprint density at radius 2 is 1.55 bits per heavy atom. The van der Waals surface area contributed by atoms with Crippen molar-refractivity contribution in [2.45, 2.75) is 47.0 Å². The summed E-state index contributed by atoms with van der Waals surface area (Å²) in [6, 6.07) is 8.52. The molecule has 0 spiro atoms. The second kappa shape index (κ2) is 6.04. The quantitative estimate of drug-likeness (QED) is 0.532. The number of rotatable bonds is 5. The Balaban J connectivity index is 2.03. The van der Waals surface area contributed by atoms with Crippen molar-refractivity contribution >= 4 is 21.9 Å². The highest BCUT2D eigenvalue weighted by Gasteiger charge is 2.14. The molecule has 1 aromatic heterocycles. The second-order valence-electron chi connectivity index (χ2n) is 6.11. The first-order valence-corrected chi connectivity index (χ1v) is 8.18. The lowest BCUT2D eigenvalue weighted by molar-refractivity contribution is 0.304. The molecule has 0 fully saturated rings. The predicted molar refractivity (Wildman–Crippen MR) is 93.0 cm³/mol. The normalized spacial score (nSPS) is 11.5. The molecule has 0 amide bonds. The van der Waals surface area contributed by atoms with E-state index in [-0.39, 0.29) is 0 Å². The first kappa shape index (κ1) is 15.0. The Morgan fingerprint density at radius 1 is 0.864 bits per heavy atom. The lowest BCUT2D eigenvalue weighted by Crippen LogP contribution is -1.98. The van der Waals surface area contributed by atoms with Crippen LogP contribution < -0.4 is 4.74 Å². The lowest BCUT2D eigenvalue weighted by atomic mass is 10.0. The van der Waals surface area contributed by atoms with Gasteiger partial charge in [0.15, 0.2) is 0 Å². The van der Waals surface area contributed by atoms with E-state index in [4.69, 9.17) is 9.15 Å².